The van der Waals surface area contributed by atoms with Gasteiger partial charge in [-0.2, -0.15) is 0 Å². The molecule has 2 aromatic heterocycles. The van der Waals surface area contributed by atoms with Crippen LogP contribution in [-0.2, 0) is 14.6 Å². The molecule has 0 aliphatic carbocycles. The summed E-state index contributed by atoms with van der Waals surface area (Å²) in [5, 5.41) is 3.03. The summed E-state index contributed by atoms with van der Waals surface area (Å²) >= 11 is 5.40. The largest absolute Gasteiger partial charge is 0.382 e. The van der Waals surface area contributed by atoms with Gasteiger partial charge < -0.3 is 11.1 Å². The predicted molar refractivity (Wildman–Crippen MR) is 119 cm³/mol. The number of anilines is 2. The Morgan fingerprint density at radius 1 is 1.24 bits per heavy atom. The molecule has 152 valence electrons. The van der Waals surface area contributed by atoms with Gasteiger partial charge in [-0.25, -0.2) is 18.4 Å². The van der Waals surface area contributed by atoms with Crippen molar-refractivity contribution in [3.63, 3.8) is 0 Å². The Kier molecular flexibility index (Phi) is 6.62. The second kappa shape index (κ2) is 8.82. The number of aryl methyl sites for hydroxylation is 2. The molecular formula is C18H17BrN4O3S3. The molecular weight excluding hydrogens is 496 g/mol. The summed E-state index contributed by atoms with van der Waals surface area (Å²) < 4.78 is 26.2. The molecule has 3 aromatic rings. The highest BCUT2D eigenvalue weighted by Crippen LogP contribution is 2.32. The number of halogens is 1. The molecule has 7 nitrogen and oxygen atoms in total. The highest BCUT2D eigenvalue weighted by Gasteiger charge is 2.24. The summed E-state index contributed by atoms with van der Waals surface area (Å²) in [6, 6.07) is 8.81. The molecule has 1 amide bonds. The first-order valence-corrected chi connectivity index (χ1v) is 12.4. The molecule has 0 unspecified atom stereocenters. The number of nitrogen functional groups attached to an aromatic ring is 1. The zero-order valence-electron chi connectivity index (χ0n) is 15.5. The van der Waals surface area contributed by atoms with Crippen LogP contribution in [0.25, 0.3) is 0 Å². The Bertz CT molecular complexity index is 1180. The van der Waals surface area contributed by atoms with E-state index in [4.69, 9.17) is 5.73 Å². The first-order valence-electron chi connectivity index (χ1n) is 8.29. The normalized spacial score (nSPS) is 11.4. The van der Waals surface area contributed by atoms with E-state index >= 15 is 0 Å². The van der Waals surface area contributed by atoms with Crippen molar-refractivity contribution < 1.29 is 13.2 Å². The maximum absolute atomic E-state index is 12.7. The Morgan fingerprint density at radius 2 is 2.00 bits per heavy atom. The van der Waals surface area contributed by atoms with Crippen molar-refractivity contribution in [2.75, 3.05) is 16.8 Å². The van der Waals surface area contributed by atoms with E-state index in [9.17, 15) is 13.2 Å². The molecule has 0 spiro atoms. The summed E-state index contributed by atoms with van der Waals surface area (Å²) in [4.78, 5) is 20.1. The minimum atomic E-state index is -3.80. The van der Waals surface area contributed by atoms with Crippen LogP contribution in [-0.4, -0.2) is 30.0 Å². The van der Waals surface area contributed by atoms with Crippen LogP contribution in [0.5, 0.6) is 0 Å². The summed E-state index contributed by atoms with van der Waals surface area (Å²) in [5.41, 5.74) is 8.80. The Labute approximate surface area is 185 Å². The van der Waals surface area contributed by atoms with Crippen LogP contribution in [0.4, 0.5) is 11.5 Å². The maximum atomic E-state index is 12.7. The molecule has 0 atom stereocenters. The monoisotopic (exact) mass is 512 g/mol. The van der Waals surface area contributed by atoms with E-state index < -0.39 is 9.84 Å². The van der Waals surface area contributed by atoms with E-state index in [1.165, 1.54) is 12.3 Å². The summed E-state index contributed by atoms with van der Waals surface area (Å²) in [6.45, 7) is 3.97. The van der Waals surface area contributed by atoms with Gasteiger partial charge in [0.2, 0.25) is 15.7 Å². The third-order valence-corrected chi connectivity index (χ3v) is 8.73. The molecule has 0 fully saturated rings. The van der Waals surface area contributed by atoms with Crippen molar-refractivity contribution >= 4 is 66.3 Å². The Hall–Kier alpha value is -1.95. The lowest BCUT2D eigenvalue weighted by Gasteiger charge is -2.08. The van der Waals surface area contributed by atoms with Crippen molar-refractivity contribution in [3.8, 4) is 0 Å². The average Bonchev–Trinajstić information content (AvgIpc) is 3.10. The van der Waals surface area contributed by atoms with Crippen LogP contribution in [0.1, 0.15) is 11.1 Å². The summed E-state index contributed by atoms with van der Waals surface area (Å²) in [5.74, 6) is -0.307. The minimum Gasteiger partial charge on any atom is -0.382 e. The van der Waals surface area contributed by atoms with Gasteiger partial charge in [0.05, 0.1) is 15.7 Å². The average molecular weight is 513 g/mol. The van der Waals surface area contributed by atoms with Crippen molar-refractivity contribution in [2.24, 2.45) is 0 Å². The number of carbonyl (C=O) groups excluding carboxylic acids is 1. The number of nitrogens with two attached hydrogens (primary N) is 1. The number of benzene rings is 1. The first-order chi connectivity index (χ1) is 13.7. The molecule has 1 aromatic carbocycles. The number of hydrogen-bond donors (Lipinski definition) is 2. The highest BCUT2D eigenvalue weighted by molar-refractivity contribution is 9.11. The zero-order chi connectivity index (χ0) is 21.2. The lowest BCUT2D eigenvalue weighted by molar-refractivity contribution is -0.113. The predicted octanol–water partition coefficient (Wildman–Crippen LogP) is 4.06. The van der Waals surface area contributed by atoms with E-state index in [0.29, 0.717) is 9.47 Å². The number of thioether (sulfide) groups is 1. The van der Waals surface area contributed by atoms with Gasteiger partial charge in [-0.05, 0) is 65.2 Å². The third-order valence-electron chi connectivity index (χ3n) is 3.99. The number of aromatic nitrogens is 2. The third kappa shape index (κ3) is 5.16. The molecule has 0 bridgehead atoms. The van der Waals surface area contributed by atoms with Gasteiger partial charge >= 0.3 is 0 Å². The molecule has 0 saturated carbocycles. The molecule has 0 saturated heterocycles. The minimum absolute atomic E-state index is 0.0658. The van der Waals surface area contributed by atoms with Crippen LogP contribution < -0.4 is 11.1 Å². The van der Waals surface area contributed by atoms with Gasteiger partial charge in [0.25, 0.3) is 0 Å². The second-order valence-corrected chi connectivity index (χ2v) is 11.7. The van der Waals surface area contributed by atoms with Gasteiger partial charge in [-0.15, -0.1) is 11.3 Å². The summed E-state index contributed by atoms with van der Waals surface area (Å²) in [6.07, 6.45) is 1.18. The fourth-order valence-electron chi connectivity index (χ4n) is 2.34. The van der Waals surface area contributed by atoms with Crippen LogP contribution >= 0.6 is 39.0 Å². The number of thiophene rings is 1. The second-order valence-electron chi connectivity index (χ2n) is 6.10. The van der Waals surface area contributed by atoms with Gasteiger partial charge in [0.1, 0.15) is 14.9 Å². The molecule has 0 aliphatic heterocycles. The first kappa shape index (κ1) is 21.8. The Balaban J connectivity index is 1.67. The number of carbonyl (C=O) groups is 1. The van der Waals surface area contributed by atoms with Crippen molar-refractivity contribution in [2.45, 2.75) is 28.1 Å². The number of nitrogens with zero attached hydrogens (tertiary/aromatic N) is 2. The van der Waals surface area contributed by atoms with Crippen molar-refractivity contribution in [1.82, 2.24) is 9.97 Å². The van der Waals surface area contributed by atoms with Crippen LogP contribution in [0.15, 0.2) is 54.6 Å². The SMILES string of the molecule is Cc1ccc(NC(=O)CSc2ncc(S(=O)(=O)c3ccc(Br)s3)c(N)n2)cc1C. The lowest BCUT2D eigenvalue weighted by atomic mass is 10.1. The standard InChI is InChI=1S/C18H17BrN4O3S3/c1-10-3-4-12(7-11(10)2)22-15(24)9-27-18-21-8-13(17(20)23-18)29(25,26)16-6-5-14(19)28-16/h3-8H,9H2,1-2H3,(H,22,24)(H2,20,21,23). The number of hydrogen-bond acceptors (Lipinski definition) is 8. The number of nitrogens with one attached hydrogen (secondary N) is 1. The van der Waals surface area contributed by atoms with E-state index in [0.717, 1.165) is 34.2 Å². The lowest BCUT2D eigenvalue weighted by Crippen LogP contribution is -2.15. The fraction of sp³-hybridized carbons (Fsp3) is 0.167. The molecule has 0 radical (unpaired) electrons. The van der Waals surface area contributed by atoms with Gasteiger partial charge in [0.15, 0.2) is 5.16 Å². The highest BCUT2D eigenvalue weighted by atomic mass is 79.9. The van der Waals surface area contributed by atoms with E-state index in [1.54, 1.807) is 6.07 Å². The van der Waals surface area contributed by atoms with Crippen molar-refractivity contribution in [3.05, 3.63) is 51.4 Å². The molecule has 29 heavy (non-hydrogen) atoms. The van der Waals surface area contributed by atoms with Crippen LogP contribution in [0.2, 0.25) is 0 Å². The Morgan fingerprint density at radius 3 is 2.62 bits per heavy atom. The molecule has 3 rings (SSSR count). The molecule has 0 aliphatic rings. The maximum Gasteiger partial charge on any atom is 0.234 e. The molecule has 2 heterocycles. The van der Waals surface area contributed by atoms with Crippen LogP contribution in [0, 0.1) is 13.8 Å². The fourth-order valence-corrected chi connectivity index (χ4v) is 6.36. The van der Waals surface area contributed by atoms with Gasteiger partial charge in [-0.3, -0.25) is 4.79 Å². The smallest absolute Gasteiger partial charge is 0.234 e. The number of rotatable bonds is 6. The van der Waals surface area contributed by atoms with E-state index in [-0.39, 0.29) is 31.7 Å². The number of amides is 1. The van der Waals surface area contributed by atoms with Crippen molar-refractivity contribution in [1.29, 1.82) is 0 Å². The quantitative estimate of drug-likeness (QED) is 0.377. The van der Waals surface area contributed by atoms with Gasteiger partial charge in [0, 0.05) is 5.69 Å². The molecule has 11 heteroatoms. The number of sulfone groups is 1. The zero-order valence-corrected chi connectivity index (χ0v) is 19.5. The van der Waals surface area contributed by atoms with Gasteiger partial charge in [-0.1, -0.05) is 17.8 Å². The molecule has 3 N–H and O–H groups in total. The summed E-state index contributed by atoms with van der Waals surface area (Å²) in [7, 11) is -3.80. The topological polar surface area (TPSA) is 115 Å². The van der Waals surface area contributed by atoms with E-state index in [1.807, 2.05) is 32.0 Å². The van der Waals surface area contributed by atoms with Crippen LogP contribution in [0.3, 0.4) is 0 Å². The van der Waals surface area contributed by atoms with E-state index in [2.05, 4.69) is 31.2 Å².